The Hall–Kier alpha value is -0.960. The van der Waals surface area contributed by atoms with Gasteiger partial charge in [0.25, 0.3) is 0 Å². The van der Waals surface area contributed by atoms with Crippen molar-refractivity contribution >= 4 is 0 Å². The summed E-state index contributed by atoms with van der Waals surface area (Å²) in [6.45, 7) is 4.18. The average molecular weight is 225 g/mol. The summed E-state index contributed by atoms with van der Waals surface area (Å²) in [6, 6.07) is 4.81. The molecule has 2 unspecified atom stereocenters. The van der Waals surface area contributed by atoms with Crippen molar-refractivity contribution in [3.8, 4) is 0 Å². The highest BCUT2D eigenvalue weighted by atomic mass is 19.2. The van der Waals surface area contributed by atoms with Crippen LogP contribution in [0.5, 0.6) is 0 Å². The molecule has 0 heterocycles. The van der Waals surface area contributed by atoms with Gasteiger partial charge in [-0.2, -0.15) is 0 Å². The Bertz CT molecular complexity index is 401. The zero-order valence-corrected chi connectivity index (χ0v) is 9.85. The molecule has 2 rings (SSSR count). The molecule has 3 heteroatoms. The van der Waals surface area contributed by atoms with Gasteiger partial charge < -0.3 is 5.32 Å². The van der Waals surface area contributed by atoms with E-state index >= 15 is 0 Å². The lowest BCUT2D eigenvalue weighted by molar-refractivity contribution is 0.0723. The SMILES string of the molecule is CNC1CC(c2cccc(F)c2F)C1(C)C. The third-order valence-corrected chi connectivity index (χ3v) is 3.97. The van der Waals surface area contributed by atoms with Crippen LogP contribution in [-0.2, 0) is 0 Å². The minimum Gasteiger partial charge on any atom is -0.316 e. The first kappa shape index (κ1) is 11.5. The average Bonchev–Trinajstić information content (AvgIpc) is 2.23. The molecule has 0 bridgehead atoms. The molecular weight excluding hydrogens is 208 g/mol. The molecule has 0 amide bonds. The Kier molecular flexibility index (Phi) is 2.74. The van der Waals surface area contributed by atoms with Crippen LogP contribution in [0.15, 0.2) is 18.2 Å². The summed E-state index contributed by atoms with van der Waals surface area (Å²) >= 11 is 0. The molecule has 1 N–H and O–H groups in total. The normalized spacial score (nSPS) is 27.6. The van der Waals surface area contributed by atoms with Gasteiger partial charge in [0.05, 0.1) is 0 Å². The Morgan fingerprint density at radius 1 is 1.31 bits per heavy atom. The lowest BCUT2D eigenvalue weighted by Crippen LogP contribution is -2.54. The molecule has 2 atom stereocenters. The van der Waals surface area contributed by atoms with Gasteiger partial charge in [-0.05, 0) is 36.4 Å². The molecule has 1 aliphatic carbocycles. The summed E-state index contributed by atoms with van der Waals surface area (Å²) in [5, 5.41) is 3.21. The molecule has 1 saturated carbocycles. The number of nitrogens with one attached hydrogen (secondary N) is 1. The quantitative estimate of drug-likeness (QED) is 0.815. The minimum absolute atomic E-state index is 0.0244. The second-order valence-corrected chi connectivity index (χ2v) is 5.09. The lowest BCUT2D eigenvalue weighted by atomic mass is 9.56. The Morgan fingerprint density at radius 3 is 2.56 bits per heavy atom. The second kappa shape index (κ2) is 3.81. The molecular formula is C13H17F2N. The first-order chi connectivity index (χ1) is 7.48. The summed E-state index contributed by atoms with van der Waals surface area (Å²) in [5.41, 5.74) is 0.486. The molecule has 0 aromatic heterocycles. The summed E-state index contributed by atoms with van der Waals surface area (Å²) in [5.74, 6) is -1.34. The lowest BCUT2D eigenvalue weighted by Gasteiger charge is -2.52. The Balaban J connectivity index is 2.31. The van der Waals surface area contributed by atoms with Crippen molar-refractivity contribution < 1.29 is 8.78 Å². The molecule has 1 nitrogen and oxygen atoms in total. The van der Waals surface area contributed by atoms with Gasteiger partial charge in [0, 0.05) is 6.04 Å². The zero-order chi connectivity index (χ0) is 11.9. The first-order valence-electron chi connectivity index (χ1n) is 5.59. The molecule has 0 radical (unpaired) electrons. The van der Waals surface area contributed by atoms with Gasteiger partial charge >= 0.3 is 0 Å². The monoisotopic (exact) mass is 225 g/mol. The number of rotatable bonds is 2. The van der Waals surface area contributed by atoms with Crippen LogP contribution >= 0.6 is 0 Å². The van der Waals surface area contributed by atoms with E-state index in [4.69, 9.17) is 0 Å². The molecule has 0 saturated heterocycles. The standard InChI is InChI=1S/C13H17F2N/c1-13(2)9(7-11(13)16-3)8-5-4-6-10(14)12(8)15/h4-6,9,11,16H,7H2,1-3H3. The van der Waals surface area contributed by atoms with Crippen molar-refractivity contribution in [1.82, 2.24) is 5.32 Å². The fourth-order valence-electron chi connectivity index (χ4n) is 2.73. The van der Waals surface area contributed by atoms with E-state index in [1.165, 1.54) is 6.07 Å². The highest BCUT2D eigenvalue weighted by Crippen LogP contribution is 2.52. The van der Waals surface area contributed by atoms with E-state index < -0.39 is 11.6 Å². The maximum absolute atomic E-state index is 13.7. The second-order valence-electron chi connectivity index (χ2n) is 5.09. The van der Waals surface area contributed by atoms with E-state index in [9.17, 15) is 8.78 Å². The Morgan fingerprint density at radius 2 is 2.00 bits per heavy atom. The molecule has 1 aromatic carbocycles. The van der Waals surface area contributed by atoms with E-state index in [1.54, 1.807) is 12.1 Å². The van der Waals surface area contributed by atoms with Gasteiger partial charge in [-0.3, -0.25) is 0 Å². The molecule has 16 heavy (non-hydrogen) atoms. The maximum atomic E-state index is 13.7. The highest BCUT2D eigenvalue weighted by Gasteiger charge is 2.48. The predicted molar refractivity (Wildman–Crippen MR) is 60.3 cm³/mol. The number of hydrogen-bond donors (Lipinski definition) is 1. The molecule has 0 spiro atoms. The van der Waals surface area contributed by atoms with Crippen LogP contribution in [-0.4, -0.2) is 13.1 Å². The van der Waals surface area contributed by atoms with Crippen molar-refractivity contribution in [2.75, 3.05) is 7.05 Å². The van der Waals surface area contributed by atoms with Crippen molar-refractivity contribution in [2.45, 2.75) is 32.2 Å². The third kappa shape index (κ3) is 1.54. The third-order valence-electron chi connectivity index (χ3n) is 3.97. The van der Waals surface area contributed by atoms with Crippen LogP contribution in [0.4, 0.5) is 8.78 Å². The van der Waals surface area contributed by atoms with Crippen LogP contribution in [0, 0.1) is 17.0 Å². The van der Waals surface area contributed by atoms with Crippen molar-refractivity contribution in [3.05, 3.63) is 35.4 Å². The van der Waals surface area contributed by atoms with Gasteiger partial charge in [-0.25, -0.2) is 8.78 Å². The van der Waals surface area contributed by atoms with Crippen LogP contribution in [0.3, 0.4) is 0 Å². The van der Waals surface area contributed by atoms with Crippen molar-refractivity contribution in [3.63, 3.8) is 0 Å². The van der Waals surface area contributed by atoms with Gasteiger partial charge in [-0.1, -0.05) is 26.0 Å². The van der Waals surface area contributed by atoms with E-state index in [0.717, 1.165) is 6.42 Å². The van der Waals surface area contributed by atoms with E-state index in [0.29, 0.717) is 11.6 Å². The summed E-state index contributed by atoms with van der Waals surface area (Å²) in [4.78, 5) is 0. The minimum atomic E-state index is -0.749. The molecule has 1 aromatic rings. The topological polar surface area (TPSA) is 12.0 Å². The Labute approximate surface area is 94.9 Å². The van der Waals surface area contributed by atoms with Crippen molar-refractivity contribution in [1.29, 1.82) is 0 Å². The molecule has 0 aliphatic heterocycles. The fourth-order valence-corrected chi connectivity index (χ4v) is 2.73. The molecule has 88 valence electrons. The van der Waals surface area contributed by atoms with Crippen LogP contribution in [0.1, 0.15) is 31.7 Å². The fraction of sp³-hybridized carbons (Fsp3) is 0.538. The van der Waals surface area contributed by atoms with Gasteiger partial charge in [0.1, 0.15) is 0 Å². The predicted octanol–water partition coefficient (Wildman–Crippen LogP) is 3.07. The summed E-state index contributed by atoms with van der Waals surface area (Å²) in [6.07, 6.45) is 0.865. The van der Waals surface area contributed by atoms with Crippen LogP contribution < -0.4 is 5.32 Å². The summed E-state index contributed by atoms with van der Waals surface area (Å²) in [7, 11) is 1.91. The first-order valence-corrected chi connectivity index (χ1v) is 5.59. The number of hydrogen-bond acceptors (Lipinski definition) is 1. The molecule has 1 fully saturated rings. The van der Waals surface area contributed by atoms with Gasteiger partial charge in [0.2, 0.25) is 0 Å². The maximum Gasteiger partial charge on any atom is 0.162 e. The van der Waals surface area contributed by atoms with Crippen LogP contribution in [0.2, 0.25) is 0 Å². The van der Waals surface area contributed by atoms with E-state index in [-0.39, 0.29) is 11.3 Å². The highest BCUT2D eigenvalue weighted by molar-refractivity contribution is 5.29. The van der Waals surface area contributed by atoms with E-state index in [1.807, 2.05) is 7.05 Å². The van der Waals surface area contributed by atoms with E-state index in [2.05, 4.69) is 19.2 Å². The number of benzene rings is 1. The smallest absolute Gasteiger partial charge is 0.162 e. The van der Waals surface area contributed by atoms with Crippen LogP contribution in [0.25, 0.3) is 0 Å². The summed E-state index contributed by atoms with van der Waals surface area (Å²) < 4.78 is 26.8. The zero-order valence-electron chi connectivity index (χ0n) is 9.85. The van der Waals surface area contributed by atoms with Gasteiger partial charge in [-0.15, -0.1) is 0 Å². The molecule has 1 aliphatic rings. The van der Waals surface area contributed by atoms with Crippen molar-refractivity contribution in [2.24, 2.45) is 5.41 Å². The van der Waals surface area contributed by atoms with Gasteiger partial charge in [0.15, 0.2) is 11.6 Å². The number of halogens is 2. The largest absolute Gasteiger partial charge is 0.316 e.